The number of benzene rings is 2. The van der Waals surface area contributed by atoms with Crippen molar-refractivity contribution in [3.63, 3.8) is 0 Å². The highest BCUT2D eigenvalue weighted by Gasteiger charge is 2.51. The first-order chi connectivity index (χ1) is 13.8. The van der Waals surface area contributed by atoms with Crippen LogP contribution in [0.1, 0.15) is 12.5 Å². The Balaban J connectivity index is 1.87. The second-order valence-corrected chi connectivity index (χ2v) is 6.54. The van der Waals surface area contributed by atoms with E-state index >= 15 is 0 Å². The molecule has 1 saturated heterocycles. The molecule has 0 saturated carbocycles. The molecule has 29 heavy (non-hydrogen) atoms. The zero-order valence-corrected chi connectivity index (χ0v) is 15.4. The van der Waals surface area contributed by atoms with Crippen LogP contribution in [-0.4, -0.2) is 35.8 Å². The molecule has 1 unspecified atom stereocenters. The van der Waals surface area contributed by atoms with E-state index in [-0.39, 0.29) is 12.1 Å². The average molecular weight is 398 g/mol. The molecule has 1 aliphatic rings. The van der Waals surface area contributed by atoms with Crippen molar-refractivity contribution in [2.45, 2.75) is 12.5 Å². The summed E-state index contributed by atoms with van der Waals surface area (Å²) in [5.41, 5.74) is -1.79. The second kappa shape index (κ2) is 7.67. The molecule has 2 aromatic carbocycles. The van der Waals surface area contributed by atoms with E-state index in [4.69, 9.17) is 5.26 Å². The standard InChI is InChI=1S/C20H16F2N4O3/c1-20(15-11-13(21)7-8-16(15)22)18(28)26(19(29)24-20)12-17(27)25(10-9-23)14-5-3-2-4-6-14/h2-8,11H,10,12H2,1H3,(H,24,29). The molecule has 1 N–H and O–H groups in total. The van der Waals surface area contributed by atoms with E-state index in [9.17, 15) is 23.2 Å². The fraction of sp³-hybridized carbons (Fsp3) is 0.200. The highest BCUT2D eigenvalue weighted by Crippen LogP contribution is 2.31. The molecule has 1 heterocycles. The Morgan fingerprint density at radius 3 is 2.55 bits per heavy atom. The lowest BCUT2D eigenvalue weighted by molar-refractivity contribution is -0.134. The summed E-state index contributed by atoms with van der Waals surface area (Å²) in [7, 11) is 0. The van der Waals surface area contributed by atoms with Crippen molar-refractivity contribution in [3.8, 4) is 6.07 Å². The van der Waals surface area contributed by atoms with Crippen LogP contribution in [0.5, 0.6) is 0 Å². The van der Waals surface area contributed by atoms with Gasteiger partial charge in [0, 0.05) is 11.3 Å². The minimum atomic E-state index is -1.86. The van der Waals surface area contributed by atoms with Crippen LogP contribution in [0.2, 0.25) is 0 Å². The van der Waals surface area contributed by atoms with Crippen LogP contribution in [0.4, 0.5) is 19.3 Å². The fourth-order valence-electron chi connectivity index (χ4n) is 3.13. The lowest BCUT2D eigenvalue weighted by atomic mass is 9.91. The maximum absolute atomic E-state index is 14.2. The van der Waals surface area contributed by atoms with E-state index < -0.39 is 41.6 Å². The number of urea groups is 1. The second-order valence-electron chi connectivity index (χ2n) is 6.54. The maximum Gasteiger partial charge on any atom is 0.325 e. The number of amides is 4. The van der Waals surface area contributed by atoms with E-state index in [1.807, 2.05) is 6.07 Å². The molecule has 0 aromatic heterocycles. The largest absolute Gasteiger partial charge is 0.325 e. The number of nitrogens with zero attached hydrogens (tertiary/aromatic N) is 3. The van der Waals surface area contributed by atoms with Gasteiger partial charge in [0.25, 0.3) is 5.91 Å². The quantitative estimate of drug-likeness (QED) is 0.618. The minimum absolute atomic E-state index is 0.289. The van der Waals surface area contributed by atoms with E-state index in [0.717, 1.165) is 23.1 Å². The number of imide groups is 1. The summed E-state index contributed by atoms with van der Waals surface area (Å²) in [6.07, 6.45) is 0. The summed E-state index contributed by atoms with van der Waals surface area (Å²) in [4.78, 5) is 39.7. The van der Waals surface area contributed by atoms with Crippen LogP contribution in [0.15, 0.2) is 48.5 Å². The first kappa shape index (κ1) is 19.9. The lowest BCUT2D eigenvalue weighted by Gasteiger charge is -2.24. The summed E-state index contributed by atoms with van der Waals surface area (Å²) < 4.78 is 27.8. The Morgan fingerprint density at radius 1 is 1.21 bits per heavy atom. The number of anilines is 1. The van der Waals surface area contributed by atoms with Crippen LogP contribution in [0, 0.1) is 23.0 Å². The number of hydrogen-bond donors (Lipinski definition) is 1. The summed E-state index contributed by atoms with van der Waals surface area (Å²) in [5.74, 6) is -3.22. The van der Waals surface area contributed by atoms with Gasteiger partial charge < -0.3 is 5.32 Å². The molecule has 2 aromatic rings. The summed E-state index contributed by atoms with van der Waals surface area (Å²) >= 11 is 0. The summed E-state index contributed by atoms with van der Waals surface area (Å²) in [6.45, 7) is 0.288. The van der Waals surface area contributed by atoms with Crippen molar-refractivity contribution in [2.24, 2.45) is 0 Å². The average Bonchev–Trinajstić information content (AvgIpc) is 2.92. The number of carbonyl (C=O) groups is 3. The van der Waals surface area contributed by atoms with E-state index in [1.54, 1.807) is 30.3 Å². The van der Waals surface area contributed by atoms with Crippen LogP contribution in [-0.2, 0) is 15.1 Å². The van der Waals surface area contributed by atoms with Gasteiger partial charge in [0.15, 0.2) is 0 Å². The normalized spacial score (nSPS) is 18.3. The number of nitrogens with one attached hydrogen (secondary N) is 1. The minimum Gasteiger partial charge on any atom is -0.319 e. The van der Waals surface area contributed by atoms with Gasteiger partial charge >= 0.3 is 6.03 Å². The maximum atomic E-state index is 14.2. The topological polar surface area (TPSA) is 93.5 Å². The molecule has 1 atom stereocenters. The van der Waals surface area contributed by atoms with Crippen molar-refractivity contribution in [2.75, 3.05) is 18.0 Å². The SMILES string of the molecule is CC1(c2cc(F)ccc2F)NC(=O)N(CC(=O)N(CC#N)c2ccccc2)C1=O. The van der Waals surface area contributed by atoms with Crippen molar-refractivity contribution in [1.29, 1.82) is 5.26 Å². The molecule has 0 bridgehead atoms. The number of para-hydroxylation sites is 1. The van der Waals surface area contributed by atoms with Gasteiger partial charge in [0.1, 0.15) is 30.3 Å². The highest BCUT2D eigenvalue weighted by molar-refractivity contribution is 6.10. The van der Waals surface area contributed by atoms with Gasteiger partial charge in [-0.25, -0.2) is 13.6 Å². The first-order valence-electron chi connectivity index (χ1n) is 8.60. The van der Waals surface area contributed by atoms with Gasteiger partial charge in [-0.3, -0.25) is 19.4 Å². The Morgan fingerprint density at radius 2 is 1.90 bits per heavy atom. The lowest BCUT2D eigenvalue weighted by Crippen LogP contribution is -2.45. The molecular formula is C20H16F2N4O3. The first-order valence-corrected chi connectivity index (χ1v) is 8.60. The Bertz CT molecular complexity index is 1020. The molecule has 0 radical (unpaired) electrons. The third kappa shape index (κ3) is 3.65. The van der Waals surface area contributed by atoms with Gasteiger partial charge in [-0.15, -0.1) is 0 Å². The summed E-state index contributed by atoms with van der Waals surface area (Å²) in [5, 5.41) is 11.3. The Hall–Kier alpha value is -3.80. The van der Waals surface area contributed by atoms with Crippen molar-refractivity contribution in [1.82, 2.24) is 10.2 Å². The van der Waals surface area contributed by atoms with Gasteiger partial charge in [-0.1, -0.05) is 18.2 Å². The van der Waals surface area contributed by atoms with Gasteiger partial charge in [-0.2, -0.15) is 5.26 Å². The molecule has 3 rings (SSSR count). The predicted molar refractivity (Wildman–Crippen MR) is 98.4 cm³/mol. The number of carbonyl (C=O) groups excluding carboxylic acids is 3. The number of nitriles is 1. The van der Waals surface area contributed by atoms with Crippen LogP contribution >= 0.6 is 0 Å². The van der Waals surface area contributed by atoms with E-state index in [0.29, 0.717) is 10.6 Å². The van der Waals surface area contributed by atoms with Gasteiger partial charge in [0.05, 0.1) is 6.07 Å². The highest BCUT2D eigenvalue weighted by atomic mass is 19.1. The Labute approximate surface area is 165 Å². The third-order valence-corrected chi connectivity index (χ3v) is 4.63. The summed E-state index contributed by atoms with van der Waals surface area (Å²) in [6, 6.07) is 11.8. The van der Waals surface area contributed by atoms with Crippen molar-refractivity contribution < 1.29 is 23.2 Å². The molecule has 0 spiro atoms. The Kier molecular flexibility index (Phi) is 5.28. The predicted octanol–water partition coefficient (Wildman–Crippen LogP) is 2.29. The van der Waals surface area contributed by atoms with E-state index in [1.165, 1.54) is 6.92 Å². The molecule has 4 amide bonds. The molecule has 1 fully saturated rings. The molecule has 1 aliphatic heterocycles. The van der Waals surface area contributed by atoms with Crippen molar-refractivity contribution >= 4 is 23.5 Å². The molecular weight excluding hydrogens is 382 g/mol. The fourth-order valence-corrected chi connectivity index (χ4v) is 3.13. The van der Waals surface area contributed by atoms with Gasteiger partial charge in [0.2, 0.25) is 5.91 Å². The molecule has 148 valence electrons. The van der Waals surface area contributed by atoms with Gasteiger partial charge in [-0.05, 0) is 37.3 Å². The monoisotopic (exact) mass is 398 g/mol. The van der Waals surface area contributed by atoms with Crippen molar-refractivity contribution in [3.05, 3.63) is 65.7 Å². The van der Waals surface area contributed by atoms with Crippen LogP contribution < -0.4 is 10.2 Å². The molecule has 0 aliphatic carbocycles. The number of hydrogen-bond acceptors (Lipinski definition) is 4. The van der Waals surface area contributed by atoms with Crippen LogP contribution in [0.3, 0.4) is 0 Å². The number of rotatable bonds is 5. The third-order valence-electron chi connectivity index (χ3n) is 4.63. The van der Waals surface area contributed by atoms with Crippen LogP contribution in [0.25, 0.3) is 0 Å². The van der Waals surface area contributed by atoms with E-state index in [2.05, 4.69) is 5.32 Å². The molecule has 7 nitrogen and oxygen atoms in total. The smallest absolute Gasteiger partial charge is 0.319 e. The molecule has 9 heteroatoms. The zero-order chi connectivity index (χ0) is 21.2. The number of halogens is 2. The zero-order valence-electron chi connectivity index (χ0n) is 15.4.